The number of nitrogens with zero attached hydrogens (tertiary/aromatic N) is 2. The Balaban J connectivity index is 1.74. The number of hydrogen-bond donors (Lipinski definition) is 1. The first-order chi connectivity index (χ1) is 23.1. The van der Waals surface area contributed by atoms with E-state index < -0.39 is 59.3 Å². The van der Waals surface area contributed by atoms with E-state index >= 15 is 0 Å². The zero-order valence-electron chi connectivity index (χ0n) is 26.4. The fourth-order valence-corrected chi connectivity index (χ4v) is 5.86. The predicted molar refractivity (Wildman–Crippen MR) is 168 cm³/mol. The fourth-order valence-electron chi connectivity index (χ4n) is 5.72. The van der Waals surface area contributed by atoms with Crippen molar-refractivity contribution in [3.63, 3.8) is 0 Å². The van der Waals surface area contributed by atoms with Gasteiger partial charge < -0.3 is 14.8 Å². The summed E-state index contributed by atoms with van der Waals surface area (Å²) in [7, 11) is 0. The average molecular weight is 710 g/mol. The summed E-state index contributed by atoms with van der Waals surface area (Å²) < 4.78 is 93.5. The molecule has 0 aliphatic carbocycles. The van der Waals surface area contributed by atoms with Crippen molar-refractivity contribution in [1.29, 1.82) is 5.26 Å². The Morgan fingerprint density at radius 2 is 1.55 bits per heavy atom. The zero-order valence-corrected chi connectivity index (χ0v) is 27.2. The molecule has 49 heavy (non-hydrogen) atoms. The fraction of sp³-hybridized carbons (Fsp3) is 0.400. The van der Waals surface area contributed by atoms with Gasteiger partial charge in [-0.15, -0.1) is 11.6 Å². The Bertz CT molecular complexity index is 1600. The molecule has 2 amide bonds. The van der Waals surface area contributed by atoms with E-state index in [1.807, 2.05) is 0 Å². The molecular formula is C35H34ClF6N3O4. The molecule has 7 nitrogen and oxygen atoms in total. The summed E-state index contributed by atoms with van der Waals surface area (Å²) in [5, 5.41) is 13.1. The van der Waals surface area contributed by atoms with Gasteiger partial charge in [0.2, 0.25) is 5.91 Å². The van der Waals surface area contributed by atoms with E-state index in [0.717, 1.165) is 0 Å². The molecule has 1 heterocycles. The molecule has 1 unspecified atom stereocenters. The van der Waals surface area contributed by atoms with Crippen molar-refractivity contribution in [1.82, 2.24) is 10.2 Å². The molecule has 262 valence electrons. The number of ether oxygens (including phenoxy) is 2. The van der Waals surface area contributed by atoms with Gasteiger partial charge in [0.05, 0.1) is 42.0 Å². The third-order valence-electron chi connectivity index (χ3n) is 8.43. The molecule has 1 aliphatic heterocycles. The second-order valence-electron chi connectivity index (χ2n) is 11.9. The summed E-state index contributed by atoms with van der Waals surface area (Å²) in [4.78, 5) is 28.0. The smallest absolute Gasteiger partial charge is 0.416 e. The summed E-state index contributed by atoms with van der Waals surface area (Å²) in [6.07, 6.45) is -11.9. The van der Waals surface area contributed by atoms with Crippen LogP contribution in [-0.4, -0.2) is 41.5 Å². The van der Waals surface area contributed by atoms with Crippen LogP contribution in [0.5, 0.6) is 0 Å². The maximum atomic E-state index is 14.0. The van der Waals surface area contributed by atoms with Gasteiger partial charge in [-0.25, -0.2) is 4.79 Å². The van der Waals surface area contributed by atoms with Crippen LogP contribution >= 0.6 is 11.6 Å². The Kier molecular flexibility index (Phi) is 11.9. The van der Waals surface area contributed by atoms with Gasteiger partial charge in [0.25, 0.3) is 0 Å². The van der Waals surface area contributed by atoms with Crippen LogP contribution in [0.2, 0.25) is 0 Å². The lowest BCUT2D eigenvalue weighted by molar-refractivity contribution is -0.143. The van der Waals surface area contributed by atoms with Crippen molar-refractivity contribution < 1.29 is 45.4 Å². The van der Waals surface area contributed by atoms with Crippen LogP contribution in [0.1, 0.15) is 66.5 Å². The highest BCUT2D eigenvalue weighted by atomic mass is 35.5. The van der Waals surface area contributed by atoms with Gasteiger partial charge in [-0.1, -0.05) is 60.7 Å². The van der Waals surface area contributed by atoms with Crippen LogP contribution in [0.3, 0.4) is 0 Å². The van der Waals surface area contributed by atoms with Gasteiger partial charge in [-0.3, -0.25) is 9.69 Å². The normalized spacial score (nSPS) is 20.3. The summed E-state index contributed by atoms with van der Waals surface area (Å²) in [5.41, 5.74) is -5.15. The highest BCUT2D eigenvalue weighted by Gasteiger charge is 2.53. The Morgan fingerprint density at radius 3 is 2.10 bits per heavy atom. The summed E-state index contributed by atoms with van der Waals surface area (Å²) in [6, 6.07) is 20.6. The van der Waals surface area contributed by atoms with Gasteiger partial charge in [0.15, 0.2) is 0 Å². The molecule has 1 fully saturated rings. The number of alkyl halides is 7. The quantitative estimate of drug-likeness (QED) is 0.159. The number of benzene rings is 3. The lowest BCUT2D eigenvalue weighted by Gasteiger charge is -2.51. The van der Waals surface area contributed by atoms with Crippen LogP contribution in [0, 0.1) is 11.3 Å². The van der Waals surface area contributed by atoms with Crippen LogP contribution in [-0.2, 0) is 38.8 Å². The third-order valence-corrected chi connectivity index (χ3v) is 8.70. The van der Waals surface area contributed by atoms with E-state index in [4.69, 9.17) is 21.1 Å². The highest BCUT2D eigenvalue weighted by Crippen LogP contribution is 2.44. The van der Waals surface area contributed by atoms with E-state index in [9.17, 15) is 41.2 Å². The topological polar surface area (TPSA) is 91.7 Å². The largest absolute Gasteiger partial charge is 0.445 e. The number of likely N-dealkylation sites (tertiary alicyclic amines) is 1. The minimum absolute atomic E-state index is 0.00388. The zero-order chi connectivity index (χ0) is 35.9. The van der Waals surface area contributed by atoms with Gasteiger partial charge in [-0.05, 0) is 61.1 Å². The van der Waals surface area contributed by atoms with Crippen molar-refractivity contribution in [3.8, 4) is 6.07 Å². The summed E-state index contributed by atoms with van der Waals surface area (Å²) in [6.45, 7) is 0.395. The number of nitriles is 1. The van der Waals surface area contributed by atoms with Crippen molar-refractivity contribution in [2.24, 2.45) is 0 Å². The predicted octanol–water partition coefficient (Wildman–Crippen LogP) is 8.53. The molecule has 0 saturated carbocycles. The van der Waals surface area contributed by atoms with Crippen molar-refractivity contribution >= 4 is 23.6 Å². The number of carbonyl (C=O) groups is 2. The number of piperidine rings is 1. The first-order valence-corrected chi connectivity index (χ1v) is 15.9. The van der Waals surface area contributed by atoms with Crippen LogP contribution in [0.4, 0.5) is 31.1 Å². The maximum Gasteiger partial charge on any atom is 0.416 e. The lowest BCUT2D eigenvalue weighted by atomic mass is 9.75. The summed E-state index contributed by atoms with van der Waals surface area (Å²) in [5.74, 6) is -0.240. The van der Waals surface area contributed by atoms with E-state index in [1.54, 1.807) is 60.7 Å². The monoisotopic (exact) mass is 709 g/mol. The molecule has 0 bridgehead atoms. The molecule has 3 aromatic rings. The van der Waals surface area contributed by atoms with Gasteiger partial charge in [0, 0.05) is 12.3 Å². The number of amides is 2. The molecule has 14 heteroatoms. The van der Waals surface area contributed by atoms with Crippen molar-refractivity contribution in [3.05, 3.63) is 107 Å². The third kappa shape index (κ3) is 9.25. The van der Waals surface area contributed by atoms with Crippen molar-refractivity contribution in [2.45, 2.75) is 68.7 Å². The number of carbonyl (C=O) groups excluding carboxylic acids is 2. The maximum absolute atomic E-state index is 14.0. The van der Waals surface area contributed by atoms with Crippen LogP contribution < -0.4 is 5.32 Å². The molecule has 1 aliphatic rings. The van der Waals surface area contributed by atoms with E-state index in [1.165, 1.54) is 11.8 Å². The first kappa shape index (κ1) is 37.5. The average Bonchev–Trinajstić information content (AvgIpc) is 3.09. The number of nitrogens with one attached hydrogen (secondary N) is 1. The molecule has 4 rings (SSSR count). The summed E-state index contributed by atoms with van der Waals surface area (Å²) >= 11 is 5.74. The Labute approximate surface area is 284 Å². The molecule has 0 radical (unpaired) electrons. The number of rotatable bonds is 11. The van der Waals surface area contributed by atoms with Crippen LogP contribution in [0.25, 0.3) is 0 Å². The van der Waals surface area contributed by atoms with Crippen molar-refractivity contribution in [2.75, 3.05) is 19.0 Å². The molecule has 3 aromatic carbocycles. The SMILES string of the molecule is C[C@@H](OCC1(c2ccccc2)CC[C@](C#N)(NC(=O)CCCCl)CN1C(=O)OCc1ccccc1)c1cc(C(F)(F)F)cc(C(F)(F)F)c1. The highest BCUT2D eigenvalue weighted by molar-refractivity contribution is 6.17. The van der Waals surface area contributed by atoms with Gasteiger partial charge >= 0.3 is 18.4 Å². The second kappa shape index (κ2) is 15.5. The van der Waals surface area contributed by atoms with E-state index in [2.05, 4.69) is 11.4 Å². The second-order valence-corrected chi connectivity index (χ2v) is 12.2. The minimum Gasteiger partial charge on any atom is -0.445 e. The molecule has 1 saturated heterocycles. The number of hydrogen-bond acceptors (Lipinski definition) is 5. The van der Waals surface area contributed by atoms with E-state index in [0.29, 0.717) is 29.7 Å². The first-order valence-electron chi connectivity index (χ1n) is 15.4. The molecule has 0 aromatic heterocycles. The Hall–Kier alpha value is -4.28. The van der Waals surface area contributed by atoms with Gasteiger partial charge in [0.1, 0.15) is 12.1 Å². The van der Waals surface area contributed by atoms with Gasteiger partial charge in [-0.2, -0.15) is 31.6 Å². The molecule has 0 spiro atoms. The van der Waals surface area contributed by atoms with Crippen LogP contribution in [0.15, 0.2) is 78.9 Å². The molecule has 3 atom stereocenters. The molecular weight excluding hydrogens is 676 g/mol. The Morgan fingerprint density at radius 1 is 0.959 bits per heavy atom. The standard InChI is InChI=1S/C35H34ClF6N3O4/c1-24(26-17-28(34(37,38)39)19-29(18-26)35(40,41)42)49-23-33(27-11-6-3-7-12-27)15-14-32(21-43,44-30(46)13-8-16-36)22-45(33)31(47)48-20-25-9-4-2-5-10-25/h2-7,9-12,17-19,24H,8,13-16,20,22-23H2,1H3,(H,44,46)/t24-,32-,33?/m1/s1. The number of halogens is 7. The molecule has 1 N–H and O–H groups in total. The lowest BCUT2D eigenvalue weighted by Crippen LogP contribution is -2.66. The van der Waals surface area contributed by atoms with E-state index in [-0.39, 0.29) is 49.9 Å². The minimum atomic E-state index is -5.06.